The van der Waals surface area contributed by atoms with Crippen LogP contribution >= 0.6 is 0 Å². The van der Waals surface area contributed by atoms with Crippen molar-refractivity contribution in [2.75, 3.05) is 37.4 Å². The number of nitrogens with one attached hydrogen (secondary N) is 3. The molecule has 1 saturated carbocycles. The van der Waals surface area contributed by atoms with E-state index in [-0.39, 0.29) is 23.9 Å². The normalized spacial score (nSPS) is 17.5. The first-order chi connectivity index (χ1) is 19.0. The van der Waals surface area contributed by atoms with E-state index < -0.39 is 5.82 Å². The second-order valence-corrected chi connectivity index (χ2v) is 10.2. The molecule has 204 valence electrons. The summed E-state index contributed by atoms with van der Waals surface area (Å²) in [4.78, 5) is 27.2. The minimum absolute atomic E-state index is 0.118. The number of hydrogen-bond acceptors (Lipinski definition) is 5. The first-order valence-electron chi connectivity index (χ1n) is 13.4. The van der Waals surface area contributed by atoms with Gasteiger partial charge < -0.3 is 15.4 Å². The van der Waals surface area contributed by atoms with Crippen LogP contribution in [-0.4, -0.2) is 59.8 Å². The zero-order valence-corrected chi connectivity index (χ0v) is 22.1. The largest absolute Gasteiger partial charge is 0.383 e. The Morgan fingerprint density at radius 1 is 1.13 bits per heavy atom. The van der Waals surface area contributed by atoms with E-state index in [1.807, 2.05) is 30.3 Å². The molecule has 1 saturated heterocycles. The lowest BCUT2D eigenvalue weighted by molar-refractivity contribution is -0.115. The predicted molar refractivity (Wildman–Crippen MR) is 149 cm³/mol. The summed E-state index contributed by atoms with van der Waals surface area (Å²) in [6, 6.07) is 14.4. The Morgan fingerprint density at radius 2 is 1.97 bits per heavy atom. The van der Waals surface area contributed by atoms with Crippen LogP contribution in [0.25, 0.3) is 11.1 Å². The molecule has 2 heterocycles. The van der Waals surface area contributed by atoms with Crippen molar-refractivity contribution in [2.24, 2.45) is 0 Å². The fourth-order valence-electron chi connectivity index (χ4n) is 5.02. The lowest BCUT2D eigenvalue weighted by Crippen LogP contribution is -2.33. The van der Waals surface area contributed by atoms with Crippen LogP contribution in [0.3, 0.4) is 0 Å². The van der Waals surface area contributed by atoms with E-state index in [1.165, 1.54) is 12.1 Å². The minimum atomic E-state index is -0.526. The highest BCUT2D eigenvalue weighted by atomic mass is 19.1. The second kappa shape index (κ2) is 12.4. The van der Waals surface area contributed by atoms with Crippen molar-refractivity contribution in [3.8, 4) is 11.1 Å². The average molecular weight is 532 g/mol. The van der Waals surface area contributed by atoms with Crippen LogP contribution < -0.4 is 10.6 Å². The van der Waals surface area contributed by atoms with Gasteiger partial charge in [0.1, 0.15) is 5.82 Å². The molecule has 3 N–H and O–H groups in total. The number of rotatable bonds is 11. The maximum absolute atomic E-state index is 14.9. The highest BCUT2D eigenvalue weighted by Crippen LogP contribution is 2.39. The molecule has 1 aromatic heterocycles. The Labute approximate surface area is 227 Å². The van der Waals surface area contributed by atoms with Crippen molar-refractivity contribution in [1.29, 1.82) is 0 Å². The van der Waals surface area contributed by atoms with E-state index in [4.69, 9.17) is 4.74 Å². The number of nitrogens with zero attached hydrogens (tertiary/aromatic N) is 2. The van der Waals surface area contributed by atoms with Crippen molar-refractivity contribution in [3.05, 3.63) is 77.8 Å². The van der Waals surface area contributed by atoms with Crippen LogP contribution in [0.2, 0.25) is 0 Å². The number of hydrogen-bond donors (Lipinski definition) is 3. The van der Waals surface area contributed by atoms with Crippen LogP contribution in [0.1, 0.15) is 42.9 Å². The standard InChI is InChI=1S/C30H34FN5O3/c1-39-19-24-7-3-13-36(24)14-4-8-29(37)32-26-12-11-23(17-25(26)31)22-6-2-5-20(15-22)16-30(38)33-28-18-27(34-35-28)21-9-10-21/h2,4-6,8,11-12,15,17-18,21,24H,3,7,9-10,13-14,16,19H2,1H3,(H,32,37)(H2,33,34,35,38)/b8-4+/t24-/m0/s1. The molecule has 2 amide bonds. The number of amides is 2. The van der Waals surface area contributed by atoms with E-state index in [1.54, 1.807) is 25.3 Å². The number of carbonyl (C=O) groups excluding carboxylic acids is 2. The second-order valence-electron chi connectivity index (χ2n) is 10.2. The molecule has 1 aliphatic carbocycles. The molecular formula is C30H34FN5O3. The van der Waals surface area contributed by atoms with Gasteiger partial charge in [-0.2, -0.15) is 5.10 Å². The summed E-state index contributed by atoms with van der Waals surface area (Å²) in [5, 5.41) is 12.6. The molecular weight excluding hydrogens is 497 g/mol. The van der Waals surface area contributed by atoms with Gasteiger partial charge in [-0.15, -0.1) is 0 Å². The number of benzene rings is 2. The van der Waals surface area contributed by atoms with Crippen molar-refractivity contribution < 1.29 is 18.7 Å². The third-order valence-electron chi connectivity index (χ3n) is 7.20. The van der Waals surface area contributed by atoms with Crippen molar-refractivity contribution in [2.45, 2.75) is 44.1 Å². The SMILES string of the molecule is COC[C@@H]1CCCN1C/C=C/C(=O)Nc1ccc(-c2cccc(CC(=O)Nc3cc(C4CC4)[nH]n3)c2)cc1F. The molecule has 2 fully saturated rings. The highest BCUT2D eigenvalue weighted by Gasteiger charge is 2.26. The third-order valence-corrected chi connectivity index (χ3v) is 7.20. The van der Waals surface area contributed by atoms with Gasteiger partial charge in [0.05, 0.1) is 18.7 Å². The lowest BCUT2D eigenvalue weighted by atomic mass is 10.0. The number of anilines is 2. The highest BCUT2D eigenvalue weighted by molar-refractivity contribution is 5.99. The van der Waals surface area contributed by atoms with E-state index >= 15 is 0 Å². The molecule has 0 spiro atoms. The lowest BCUT2D eigenvalue weighted by Gasteiger charge is -2.21. The number of H-pyrrole nitrogens is 1. The van der Waals surface area contributed by atoms with E-state index in [0.717, 1.165) is 49.0 Å². The number of aromatic nitrogens is 2. The third kappa shape index (κ3) is 7.19. The molecule has 1 atom stereocenters. The number of aromatic amines is 1. The van der Waals surface area contributed by atoms with Gasteiger partial charge in [-0.25, -0.2) is 4.39 Å². The Morgan fingerprint density at radius 3 is 2.77 bits per heavy atom. The van der Waals surface area contributed by atoms with Crippen LogP contribution in [0.5, 0.6) is 0 Å². The molecule has 0 bridgehead atoms. The molecule has 39 heavy (non-hydrogen) atoms. The summed E-state index contributed by atoms with van der Waals surface area (Å²) in [7, 11) is 1.70. The van der Waals surface area contributed by atoms with E-state index in [2.05, 4.69) is 25.7 Å². The van der Waals surface area contributed by atoms with Gasteiger partial charge in [0.25, 0.3) is 0 Å². The Hall–Kier alpha value is -3.82. The van der Waals surface area contributed by atoms with Gasteiger partial charge >= 0.3 is 0 Å². The molecule has 1 aliphatic heterocycles. The number of ether oxygens (including phenoxy) is 1. The molecule has 0 radical (unpaired) electrons. The van der Waals surface area contributed by atoms with Crippen molar-refractivity contribution >= 4 is 23.3 Å². The van der Waals surface area contributed by atoms with Gasteiger partial charge in [-0.3, -0.25) is 19.6 Å². The summed E-state index contributed by atoms with van der Waals surface area (Å²) in [5.74, 6) is -0.0119. The van der Waals surface area contributed by atoms with Gasteiger partial charge in [0, 0.05) is 43.5 Å². The summed E-state index contributed by atoms with van der Waals surface area (Å²) in [6.45, 7) is 2.31. The zero-order chi connectivity index (χ0) is 27.2. The molecule has 0 unspecified atom stereocenters. The van der Waals surface area contributed by atoms with Crippen LogP contribution in [0, 0.1) is 5.82 Å². The molecule has 2 aliphatic rings. The maximum atomic E-state index is 14.9. The Kier molecular flexibility index (Phi) is 8.48. The number of likely N-dealkylation sites (tertiary alicyclic amines) is 1. The van der Waals surface area contributed by atoms with Crippen LogP contribution in [0.4, 0.5) is 15.9 Å². The fraction of sp³-hybridized carbons (Fsp3) is 0.367. The van der Waals surface area contributed by atoms with Gasteiger partial charge in [-0.05, 0) is 61.1 Å². The molecule has 9 heteroatoms. The molecule has 2 aromatic carbocycles. The van der Waals surface area contributed by atoms with Crippen molar-refractivity contribution in [1.82, 2.24) is 15.1 Å². The molecule has 3 aromatic rings. The van der Waals surface area contributed by atoms with Crippen LogP contribution in [-0.2, 0) is 20.7 Å². The first-order valence-corrected chi connectivity index (χ1v) is 13.4. The van der Waals surface area contributed by atoms with Gasteiger partial charge in [0.2, 0.25) is 11.8 Å². The van der Waals surface area contributed by atoms with E-state index in [9.17, 15) is 14.0 Å². The average Bonchev–Trinajstić information content (AvgIpc) is 3.51. The minimum Gasteiger partial charge on any atom is -0.383 e. The molecule has 8 nitrogen and oxygen atoms in total. The van der Waals surface area contributed by atoms with Crippen LogP contribution in [0.15, 0.2) is 60.7 Å². The fourth-order valence-corrected chi connectivity index (χ4v) is 5.02. The maximum Gasteiger partial charge on any atom is 0.248 e. The first kappa shape index (κ1) is 26.8. The van der Waals surface area contributed by atoms with E-state index in [0.29, 0.717) is 36.5 Å². The summed E-state index contributed by atoms with van der Waals surface area (Å²) >= 11 is 0. The van der Waals surface area contributed by atoms with Gasteiger partial charge in [-0.1, -0.05) is 36.4 Å². The monoisotopic (exact) mass is 531 g/mol. The number of carbonyl (C=O) groups is 2. The summed E-state index contributed by atoms with van der Waals surface area (Å²) in [6.07, 6.45) is 7.94. The Balaban J connectivity index is 1.15. The summed E-state index contributed by atoms with van der Waals surface area (Å²) in [5.41, 5.74) is 3.42. The number of methoxy groups -OCH3 is 1. The molecule has 5 rings (SSSR count). The predicted octanol–water partition coefficient (Wildman–Crippen LogP) is 4.88. The smallest absolute Gasteiger partial charge is 0.248 e. The quantitative estimate of drug-likeness (QED) is 0.306. The topological polar surface area (TPSA) is 99.4 Å². The Bertz CT molecular complexity index is 1350. The van der Waals surface area contributed by atoms with Crippen molar-refractivity contribution in [3.63, 3.8) is 0 Å². The zero-order valence-electron chi connectivity index (χ0n) is 22.1. The summed E-state index contributed by atoms with van der Waals surface area (Å²) < 4.78 is 20.1. The number of halogens is 1. The van der Waals surface area contributed by atoms with Gasteiger partial charge in [0.15, 0.2) is 5.82 Å².